The Morgan fingerprint density at radius 2 is 2.22 bits per heavy atom. The van der Waals surface area contributed by atoms with Gasteiger partial charge in [-0.1, -0.05) is 18.2 Å². The lowest BCUT2D eigenvalue weighted by molar-refractivity contribution is 0.185. The zero-order valence-electron chi connectivity index (χ0n) is 11.1. The van der Waals surface area contributed by atoms with E-state index in [1.807, 2.05) is 16.9 Å². The van der Waals surface area contributed by atoms with E-state index in [0.29, 0.717) is 6.61 Å². The molecule has 0 aliphatic carbocycles. The number of rotatable bonds is 5. The van der Waals surface area contributed by atoms with E-state index < -0.39 is 0 Å². The fourth-order valence-corrected chi connectivity index (χ4v) is 2.11. The van der Waals surface area contributed by atoms with Gasteiger partial charge in [0.05, 0.1) is 6.61 Å². The molecule has 96 valence electrons. The van der Waals surface area contributed by atoms with Gasteiger partial charge in [0, 0.05) is 31.6 Å². The van der Waals surface area contributed by atoms with Crippen LogP contribution in [-0.4, -0.2) is 23.3 Å². The zero-order valence-corrected chi connectivity index (χ0v) is 11.1. The van der Waals surface area contributed by atoms with Crippen LogP contribution in [0.1, 0.15) is 18.1 Å². The van der Waals surface area contributed by atoms with Crippen molar-refractivity contribution in [2.24, 2.45) is 0 Å². The smallest absolute Gasteiger partial charge is 0.158 e. The van der Waals surface area contributed by atoms with Gasteiger partial charge >= 0.3 is 0 Å². The van der Waals surface area contributed by atoms with Crippen LogP contribution in [0.25, 0.3) is 11.4 Å². The van der Waals surface area contributed by atoms with Crippen molar-refractivity contribution in [3.8, 4) is 11.4 Å². The average Bonchev–Trinajstić information content (AvgIpc) is 2.78. The highest BCUT2D eigenvalue weighted by atomic mass is 16.5. The third-order valence-electron chi connectivity index (χ3n) is 2.85. The van der Waals surface area contributed by atoms with Crippen molar-refractivity contribution >= 4 is 0 Å². The lowest BCUT2D eigenvalue weighted by Crippen LogP contribution is -2.15. The molecule has 0 atom stereocenters. The minimum absolute atomic E-state index is 0.593. The first-order valence-corrected chi connectivity index (χ1v) is 6.13. The maximum absolute atomic E-state index is 5.26. The van der Waals surface area contributed by atoms with Crippen LogP contribution in [0, 0.1) is 6.92 Å². The summed E-state index contributed by atoms with van der Waals surface area (Å²) < 4.78 is 7.22. The summed E-state index contributed by atoms with van der Waals surface area (Å²) in [5.74, 6) is 0.932. The highest BCUT2D eigenvalue weighted by Crippen LogP contribution is 2.26. The molecule has 1 N–H and O–H groups in total. The van der Waals surface area contributed by atoms with Crippen molar-refractivity contribution in [2.45, 2.75) is 20.5 Å². The van der Waals surface area contributed by atoms with Crippen LogP contribution >= 0.6 is 0 Å². The maximum Gasteiger partial charge on any atom is 0.158 e. The lowest BCUT2D eigenvalue weighted by Gasteiger charge is -2.14. The molecule has 0 unspecified atom stereocenters. The summed E-state index contributed by atoms with van der Waals surface area (Å²) in [6, 6.07) is 6.23. The molecule has 0 aliphatic rings. The Kier molecular flexibility index (Phi) is 3.99. The number of hydrogen-bond acceptors (Lipinski definition) is 3. The number of aromatic nitrogens is 2. The van der Waals surface area contributed by atoms with Crippen molar-refractivity contribution in [1.82, 2.24) is 9.66 Å². The van der Waals surface area contributed by atoms with Gasteiger partial charge < -0.3 is 10.2 Å². The summed E-state index contributed by atoms with van der Waals surface area (Å²) >= 11 is 0. The van der Waals surface area contributed by atoms with Gasteiger partial charge in [0.2, 0.25) is 0 Å². The molecule has 0 spiro atoms. The molecule has 2 aromatic rings. The minimum atomic E-state index is 0.593. The van der Waals surface area contributed by atoms with Gasteiger partial charge in [-0.25, -0.2) is 9.66 Å². The van der Waals surface area contributed by atoms with Gasteiger partial charge in [-0.05, 0) is 25.0 Å². The summed E-state index contributed by atoms with van der Waals surface area (Å²) in [4.78, 5) is 4.45. The van der Waals surface area contributed by atoms with E-state index in [4.69, 9.17) is 4.74 Å². The van der Waals surface area contributed by atoms with Gasteiger partial charge in [-0.3, -0.25) is 0 Å². The Labute approximate surface area is 108 Å². The number of hydrogen-bond donors (Lipinski definition) is 1. The molecule has 0 saturated carbocycles. The van der Waals surface area contributed by atoms with E-state index in [-0.39, 0.29) is 0 Å². The van der Waals surface area contributed by atoms with Crippen LogP contribution in [0.3, 0.4) is 0 Å². The standard InChI is InChI=1S/C14H19N3O/c1-4-16-17-9-8-15-14(17)13-11(2)6-5-7-12(13)10-18-3/h5-9,16H,4,10H2,1-3H3. The summed E-state index contributed by atoms with van der Waals surface area (Å²) in [5.41, 5.74) is 6.77. The fraction of sp³-hybridized carbons (Fsp3) is 0.357. The summed E-state index contributed by atoms with van der Waals surface area (Å²) in [7, 11) is 1.71. The number of ether oxygens (including phenoxy) is 1. The van der Waals surface area contributed by atoms with Crippen molar-refractivity contribution in [1.29, 1.82) is 0 Å². The molecule has 4 heteroatoms. The maximum atomic E-state index is 5.26. The highest BCUT2D eigenvalue weighted by molar-refractivity contribution is 5.65. The van der Waals surface area contributed by atoms with Gasteiger partial charge in [-0.15, -0.1) is 0 Å². The summed E-state index contributed by atoms with van der Waals surface area (Å²) in [6.07, 6.45) is 3.74. The number of aryl methyl sites for hydroxylation is 1. The molecule has 1 heterocycles. The first-order chi connectivity index (χ1) is 8.77. The van der Waals surface area contributed by atoms with Crippen molar-refractivity contribution in [3.05, 3.63) is 41.7 Å². The van der Waals surface area contributed by atoms with Crippen LogP contribution in [0.15, 0.2) is 30.6 Å². The quantitative estimate of drug-likeness (QED) is 0.880. The van der Waals surface area contributed by atoms with Gasteiger partial charge in [0.15, 0.2) is 5.82 Å². The molecule has 0 saturated heterocycles. The predicted molar refractivity (Wildman–Crippen MR) is 73.0 cm³/mol. The molecular formula is C14H19N3O. The molecule has 1 aromatic carbocycles. The Hall–Kier alpha value is -1.81. The van der Waals surface area contributed by atoms with Crippen molar-refractivity contribution in [3.63, 3.8) is 0 Å². The Morgan fingerprint density at radius 1 is 1.39 bits per heavy atom. The second kappa shape index (κ2) is 5.69. The topological polar surface area (TPSA) is 39.1 Å². The second-order valence-electron chi connectivity index (χ2n) is 4.17. The van der Waals surface area contributed by atoms with Gasteiger partial charge in [-0.2, -0.15) is 0 Å². The van der Waals surface area contributed by atoms with E-state index in [1.165, 1.54) is 5.56 Å². The van der Waals surface area contributed by atoms with E-state index >= 15 is 0 Å². The monoisotopic (exact) mass is 245 g/mol. The average molecular weight is 245 g/mol. The SMILES string of the molecule is CCNn1ccnc1-c1c(C)cccc1COC. The Morgan fingerprint density at radius 3 is 2.94 bits per heavy atom. The second-order valence-corrected chi connectivity index (χ2v) is 4.17. The molecule has 2 rings (SSSR count). The number of nitrogens with zero attached hydrogens (tertiary/aromatic N) is 2. The molecule has 0 bridgehead atoms. The number of benzene rings is 1. The molecule has 18 heavy (non-hydrogen) atoms. The largest absolute Gasteiger partial charge is 0.380 e. The van der Waals surface area contributed by atoms with Gasteiger partial charge in [0.25, 0.3) is 0 Å². The third-order valence-corrected chi connectivity index (χ3v) is 2.85. The third kappa shape index (κ3) is 2.38. The highest BCUT2D eigenvalue weighted by Gasteiger charge is 2.13. The zero-order chi connectivity index (χ0) is 13.0. The normalized spacial score (nSPS) is 10.6. The molecule has 4 nitrogen and oxygen atoms in total. The lowest BCUT2D eigenvalue weighted by atomic mass is 10.0. The first-order valence-electron chi connectivity index (χ1n) is 6.13. The van der Waals surface area contributed by atoms with E-state index in [0.717, 1.165) is 23.5 Å². The molecule has 0 radical (unpaired) electrons. The van der Waals surface area contributed by atoms with Crippen molar-refractivity contribution < 1.29 is 4.74 Å². The summed E-state index contributed by atoms with van der Waals surface area (Å²) in [5, 5.41) is 0. The van der Waals surface area contributed by atoms with Crippen LogP contribution in [0.4, 0.5) is 0 Å². The first kappa shape index (κ1) is 12.6. The van der Waals surface area contributed by atoms with Crippen molar-refractivity contribution in [2.75, 3.05) is 19.1 Å². The van der Waals surface area contributed by atoms with Gasteiger partial charge in [0.1, 0.15) is 0 Å². The van der Waals surface area contributed by atoms with Crippen LogP contribution in [0.2, 0.25) is 0 Å². The molecular weight excluding hydrogens is 226 g/mol. The predicted octanol–water partition coefficient (Wildman–Crippen LogP) is 2.57. The molecule has 1 aromatic heterocycles. The Bertz CT molecular complexity index is 520. The molecule has 0 fully saturated rings. The number of methoxy groups -OCH3 is 1. The Balaban J connectivity index is 2.51. The molecule has 0 aliphatic heterocycles. The fourth-order valence-electron chi connectivity index (χ4n) is 2.11. The van der Waals surface area contributed by atoms with Crippen LogP contribution < -0.4 is 5.43 Å². The van der Waals surface area contributed by atoms with E-state index in [9.17, 15) is 0 Å². The van der Waals surface area contributed by atoms with Crippen LogP contribution in [0.5, 0.6) is 0 Å². The number of imidazole rings is 1. The molecule has 0 amide bonds. The minimum Gasteiger partial charge on any atom is -0.380 e. The van der Waals surface area contributed by atoms with E-state index in [2.05, 4.69) is 36.4 Å². The number of nitrogens with one attached hydrogen (secondary N) is 1. The van der Waals surface area contributed by atoms with Crippen LogP contribution in [-0.2, 0) is 11.3 Å². The van der Waals surface area contributed by atoms with E-state index in [1.54, 1.807) is 13.3 Å². The summed E-state index contributed by atoms with van der Waals surface area (Å²) in [6.45, 7) is 5.61.